The van der Waals surface area contributed by atoms with Crippen LogP contribution in [0.2, 0.25) is 0 Å². The number of nitrogens with zero attached hydrogens (tertiary/aromatic N) is 1. The van der Waals surface area contributed by atoms with Gasteiger partial charge in [0.2, 0.25) is 0 Å². The van der Waals surface area contributed by atoms with Crippen molar-refractivity contribution in [1.82, 2.24) is 10.2 Å². The Morgan fingerprint density at radius 3 is 2.59 bits per heavy atom. The van der Waals surface area contributed by atoms with Gasteiger partial charge in [-0.05, 0) is 52.7 Å². The second-order valence-corrected chi connectivity index (χ2v) is 5.59. The first-order valence-corrected chi connectivity index (χ1v) is 7.01. The van der Waals surface area contributed by atoms with Crippen molar-refractivity contribution in [2.75, 3.05) is 19.6 Å². The van der Waals surface area contributed by atoms with Gasteiger partial charge in [0.25, 0.3) is 0 Å². The highest BCUT2D eigenvalue weighted by molar-refractivity contribution is 5.28. The predicted octanol–water partition coefficient (Wildman–Crippen LogP) is 2.73. The minimum atomic E-state index is 0.568. The smallest absolute Gasteiger partial charge is 0.0295 e. The predicted molar refractivity (Wildman–Crippen MR) is 74.2 cm³/mol. The van der Waals surface area contributed by atoms with Crippen LogP contribution in [-0.2, 0) is 0 Å². The molecule has 1 aliphatic heterocycles. The highest BCUT2D eigenvalue weighted by Gasteiger charge is 2.21. The van der Waals surface area contributed by atoms with Gasteiger partial charge in [-0.3, -0.25) is 0 Å². The Hall–Kier alpha value is -0.600. The Bertz CT molecular complexity index is 309. The van der Waals surface area contributed by atoms with Crippen LogP contribution in [0.4, 0.5) is 0 Å². The molecule has 1 N–H and O–H groups in total. The first-order chi connectivity index (χ1) is 8.17. The molecule has 96 valence electrons. The van der Waals surface area contributed by atoms with E-state index >= 15 is 0 Å². The molecule has 0 saturated carbocycles. The second-order valence-electron chi connectivity index (χ2n) is 5.59. The Morgan fingerprint density at radius 1 is 1.29 bits per heavy atom. The van der Waals surface area contributed by atoms with Gasteiger partial charge in [-0.15, -0.1) is 0 Å². The van der Waals surface area contributed by atoms with E-state index in [1.54, 1.807) is 0 Å². The van der Waals surface area contributed by atoms with Gasteiger partial charge >= 0.3 is 0 Å². The van der Waals surface area contributed by atoms with Crippen LogP contribution in [0.5, 0.6) is 0 Å². The zero-order valence-electron chi connectivity index (χ0n) is 11.5. The van der Waals surface area contributed by atoms with Crippen molar-refractivity contribution in [2.24, 2.45) is 0 Å². The summed E-state index contributed by atoms with van der Waals surface area (Å²) in [6.07, 6.45) is 8.49. The van der Waals surface area contributed by atoms with Crippen molar-refractivity contribution in [1.29, 1.82) is 0 Å². The Labute approximate surface area is 106 Å². The summed E-state index contributed by atoms with van der Waals surface area (Å²) in [6.45, 7) is 10.4. The highest BCUT2D eigenvalue weighted by Crippen LogP contribution is 2.19. The molecule has 2 heteroatoms. The summed E-state index contributed by atoms with van der Waals surface area (Å²) in [6, 6.07) is 1.29. The topological polar surface area (TPSA) is 15.3 Å². The lowest BCUT2D eigenvalue weighted by atomic mass is 9.95. The van der Waals surface area contributed by atoms with Crippen LogP contribution in [0.3, 0.4) is 0 Å². The lowest BCUT2D eigenvalue weighted by molar-refractivity contribution is 0.202. The van der Waals surface area contributed by atoms with Crippen LogP contribution in [0.1, 0.15) is 40.0 Å². The van der Waals surface area contributed by atoms with Crippen LogP contribution >= 0.6 is 0 Å². The molecule has 0 spiro atoms. The van der Waals surface area contributed by atoms with Crippen LogP contribution in [0, 0.1) is 0 Å². The maximum absolute atomic E-state index is 3.82. The van der Waals surface area contributed by atoms with E-state index in [4.69, 9.17) is 0 Å². The molecule has 1 saturated heterocycles. The fraction of sp³-hybridized carbons (Fsp3) is 0.733. The molecule has 1 aliphatic carbocycles. The van der Waals surface area contributed by atoms with Crippen LogP contribution in [0.15, 0.2) is 23.3 Å². The molecule has 2 aliphatic rings. The summed E-state index contributed by atoms with van der Waals surface area (Å²) in [5.41, 5.74) is 2.92. The number of hydrogen-bond acceptors (Lipinski definition) is 2. The van der Waals surface area contributed by atoms with Crippen LogP contribution in [-0.4, -0.2) is 36.6 Å². The van der Waals surface area contributed by atoms with E-state index in [0.717, 1.165) is 6.04 Å². The highest BCUT2D eigenvalue weighted by atomic mass is 15.1. The van der Waals surface area contributed by atoms with Gasteiger partial charge in [-0.25, -0.2) is 0 Å². The number of likely N-dealkylation sites (tertiary alicyclic amines) is 1. The first-order valence-electron chi connectivity index (χ1n) is 7.01. The number of allylic oxidation sites excluding steroid dienone is 2. The molecule has 2 rings (SSSR count). The molecular formula is C15H26N2. The lowest BCUT2D eigenvalue weighted by Crippen LogP contribution is -2.46. The van der Waals surface area contributed by atoms with E-state index in [9.17, 15) is 0 Å². The Kier molecular flexibility index (Phi) is 4.41. The standard InChI is InChI=1S/C15H26N2/c1-4-17-7-5-14(6-8-17)16-15-10-12(2)9-13(3)11-15/h9-10,14-16H,4-8,11H2,1-3H3. The van der Waals surface area contributed by atoms with Crippen molar-refractivity contribution in [3.8, 4) is 0 Å². The van der Waals surface area contributed by atoms with Gasteiger partial charge < -0.3 is 10.2 Å². The van der Waals surface area contributed by atoms with E-state index < -0.39 is 0 Å². The van der Waals surface area contributed by atoms with Crippen LogP contribution < -0.4 is 5.32 Å². The molecular weight excluding hydrogens is 208 g/mol. The quantitative estimate of drug-likeness (QED) is 0.808. The molecule has 0 radical (unpaired) electrons. The molecule has 2 nitrogen and oxygen atoms in total. The van der Waals surface area contributed by atoms with E-state index in [1.165, 1.54) is 50.0 Å². The second kappa shape index (κ2) is 5.83. The third kappa shape index (κ3) is 3.68. The average Bonchev–Trinajstić information content (AvgIpc) is 2.28. The molecule has 0 aromatic rings. The van der Waals surface area contributed by atoms with Gasteiger partial charge in [-0.2, -0.15) is 0 Å². The molecule has 1 heterocycles. The van der Waals surface area contributed by atoms with Crippen molar-refractivity contribution in [2.45, 2.75) is 52.1 Å². The lowest BCUT2D eigenvalue weighted by Gasteiger charge is -2.34. The SMILES string of the molecule is CCN1CCC(NC2C=C(C)C=C(C)C2)CC1. The van der Waals surface area contributed by atoms with Gasteiger partial charge in [0.15, 0.2) is 0 Å². The zero-order chi connectivity index (χ0) is 12.3. The fourth-order valence-electron chi connectivity index (χ4n) is 3.04. The molecule has 0 aromatic heterocycles. The van der Waals surface area contributed by atoms with Gasteiger partial charge in [0.1, 0.15) is 0 Å². The molecule has 0 aromatic carbocycles. The van der Waals surface area contributed by atoms with E-state index in [1.807, 2.05) is 0 Å². The number of hydrogen-bond donors (Lipinski definition) is 1. The van der Waals surface area contributed by atoms with E-state index in [-0.39, 0.29) is 0 Å². The number of nitrogens with one attached hydrogen (secondary N) is 1. The first kappa shape index (κ1) is 12.8. The van der Waals surface area contributed by atoms with Crippen molar-refractivity contribution in [3.63, 3.8) is 0 Å². The summed E-state index contributed by atoms with van der Waals surface area (Å²) in [4.78, 5) is 2.55. The maximum atomic E-state index is 3.82. The van der Waals surface area contributed by atoms with Gasteiger partial charge in [0.05, 0.1) is 0 Å². The number of piperidine rings is 1. The number of rotatable bonds is 3. The molecule has 17 heavy (non-hydrogen) atoms. The van der Waals surface area contributed by atoms with E-state index in [2.05, 4.69) is 43.1 Å². The van der Waals surface area contributed by atoms with E-state index in [0.29, 0.717) is 6.04 Å². The zero-order valence-corrected chi connectivity index (χ0v) is 11.5. The summed E-state index contributed by atoms with van der Waals surface area (Å²) in [5.74, 6) is 0. The monoisotopic (exact) mass is 234 g/mol. The molecule has 0 amide bonds. The van der Waals surface area contributed by atoms with Crippen LogP contribution in [0.25, 0.3) is 0 Å². The van der Waals surface area contributed by atoms with Crippen molar-refractivity contribution in [3.05, 3.63) is 23.3 Å². The van der Waals surface area contributed by atoms with Crippen molar-refractivity contribution >= 4 is 0 Å². The third-order valence-corrected chi connectivity index (χ3v) is 3.96. The molecule has 1 atom stereocenters. The molecule has 0 bridgehead atoms. The summed E-state index contributed by atoms with van der Waals surface area (Å²) in [5, 5.41) is 3.82. The Balaban J connectivity index is 1.81. The summed E-state index contributed by atoms with van der Waals surface area (Å²) in [7, 11) is 0. The average molecular weight is 234 g/mol. The molecule has 1 unspecified atom stereocenters. The Morgan fingerprint density at radius 2 is 2.00 bits per heavy atom. The van der Waals surface area contributed by atoms with Gasteiger partial charge in [-0.1, -0.05) is 30.2 Å². The van der Waals surface area contributed by atoms with Crippen molar-refractivity contribution < 1.29 is 0 Å². The normalized spacial score (nSPS) is 27.8. The maximum Gasteiger partial charge on any atom is 0.0295 e. The largest absolute Gasteiger partial charge is 0.307 e. The minimum Gasteiger partial charge on any atom is -0.307 e. The third-order valence-electron chi connectivity index (χ3n) is 3.96. The molecule has 1 fully saturated rings. The summed E-state index contributed by atoms with van der Waals surface area (Å²) < 4.78 is 0. The summed E-state index contributed by atoms with van der Waals surface area (Å²) >= 11 is 0. The minimum absolute atomic E-state index is 0.568. The van der Waals surface area contributed by atoms with Gasteiger partial charge in [0, 0.05) is 12.1 Å². The fourth-order valence-corrected chi connectivity index (χ4v) is 3.04.